The minimum absolute atomic E-state index is 0.0345. The van der Waals surface area contributed by atoms with Crippen LogP contribution >= 0.6 is 28.6 Å². The van der Waals surface area contributed by atoms with Crippen molar-refractivity contribution in [2.24, 2.45) is 0 Å². The second-order valence-electron chi connectivity index (χ2n) is 3.83. The molecule has 17 heavy (non-hydrogen) atoms. The summed E-state index contributed by atoms with van der Waals surface area (Å²) in [6.45, 7) is 0.448. The molecule has 1 aromatic rings. The maximum atomic E-state index is 11.7. The monoisotopic (exact) mass is 315 g/mol. The molecule has 4 nitrogen and oxygen atoms in total. The number of carbonyl (C=O) groups is 2. The Morgan fingerprint density at radius 2 is 2.24 bits per heavy atom. The Morgan fingerprint density at radius 3 is 2.76 bits per heavy atom. The highest BCUT2D eigenvalue weighted by Gasteiger charge is 2.30. The van der Waals surface area contributed by atoms with Crippen LogP contribution in [-0.4, -0.2) is 28.8 Å². The molecule has 2 rings (SSSR count). The Balaban J connectivity index is 2.45. The molecule has 1 N–H and O–H groups in total. The van der Waals surface area contributed by atoms with E-state index < -0.39 is 5.97 Å². The van der Waals surface area contributed by atoms with Gasteiger partial charge in [-0.15, -0.1) is 0 Å². The van der Waals surface area contributed by atoms with Crippen LogP contribution in [0.3, 0.4) is 0 Å². The minimum atomic E-state index is -1.04. The molecule has 1 atom stereocenters. The molecule has 0 aliphatic carbocycles. The third-order valence-electron chi connectivity index (χ3n) is 2.58. The number of amides is 1. The highest BCUT2D eigenvalue weighted by atomic mass is 79.9. The zero-order valence-electron chi connectivity index (χ0n) is 8.76. The Kier molecular flexibility index (Phi) is 3.44. The normalized spacial score (nSPS) is 19.8. The van der Waals surface area contributed by atoms with Gasteiger partial charge in [-0.3, -0.25) is 4.79 Å². The zero-order valence-corrected chi connectivity index (χ0v) is 11.2. The number of benzene rings is 1. The van der Waals surface area contributed by atoms with Crippen LogP contribution in [-0.2, 0) is 4.79 Å². The number of thiol groups is 1. The highest BCUT2D eigenvalue weighted by molar-refractivity contribution is 9.10. The molecule has 0 spiro atoms. The van der Waals surface area contributed by atoms with Crippen LogP contribution in [0.1, 0.15) is 16.8 Å². The van der Waals surface area contributed by atoms with Gasteiger partial charge in [0.1, 0.15) is 0 Å². The van der Waals surface area contributed by atoms with Crippen molar-refractivity contribution < 1.29 is 14.7 Å². The van der Waals surface area contributed by atoms with Crippen LogP contribution in [0.2, 0.25) is 0 Å². The first-order chi connectivity index (χ1) is 7.99. The number of aromatic carboxylic acids is 1. The Labute approximate surface area is 112 Å². The van der Waals surface area contributed by atoms with E-state index in [9.17, 15) is 9.59 Å². The molecule has 1 heterocycles. The van der Waals surface area contributed by atoms with Gasteiger partial charge >= 0.3 is 5.97 Å². The molecule has 0 aromatic heterocycles. The number of hydrogen-bond donors (Lipinski definition) is 2. The number of carboxylic acid groups (broad SMARTS) is 1. The molecule has 1 unspecified atom stereocenters. The summed E-state index contributed by atoms with van der Waals surface area (Å²) in [6.07, 6.45) is 0.345. The lowest BCUT2D eigenvalue weighted by atomic mass is 10.1. The molecule has 90 valence electrons. The first-order valence-electron chi connectivity index (χ1n) is 5.00. The van der Waals surface area contributed by atoms with Gasteiger partial charge in [-0.25, -0.2) is 4.79 Å². The smallest absolute Gasteiger partial charge is 0.337 e. The Bertz CT molecular complexity index is 492. The number of hydrogen-bond acceptors (Lipinski definition) is 3. The highest BCUT2D eigenvalue weighted by Crippen LogP contribution is 2.29. The van der Waals surface area contributed by atoms with Crippen LogP contribution < -0.4 is 4.90 Å². The first-order valence-corrected chi connectivity index (χ1v) is 6.31. The number of halogens is 1. The van der Waals surface area contributed by atoms with Gasteiger partial charge in [-0.05, 0) is 18.2 Å². The number of carboxylic acids is 1. The van der Waals surface area contributed by atoms with E-state index in [4.69, 9.17) is 5.11 Å². The Hall–Kier alpha value is -1.01. The predicted octanol–water partition coefficient (Wildman–Crippen LogP) is 2.18. The van der Waals surface area contributed by atoms with Gasteiger partial charge in [-0.2, -0.15) is 12.6 Å². The van der Waals surface area contributed by atoms with E-state index >= 15 is 0 Å². The molecule has 1 aliphatic heterocycles. The second kappa shape index (κ2) is 4.70. The maximum absolute atomic E-state index is 11.7. The molecule has 6 heteroatoms. The number of rotatable bonds is 2. The summed E-state index contributed by atoms with van der Waals surface area (Å²) in [6, 6.07) is 4.86. The lowest BCUT2D eigenvalue weighted by molar-refractivity contribution is -0.117. The van der Waals surface area contributed by atoms with Crippen molar-refractivity contribution in [2.75, 3.05) is 11.4 Å². The number of anilines is 1. The summed E-state index contributed by atoms with van der Waals surface area (Å²) in [5.74, 6) is -1.13. The van der Waals surface area contributed by atoms with Gasteiger partial charge in [0.25, 0.3) is 0 Å². The quantitative estimate of drug-likeness (QED) is 0.822. The van der Waals surface area contributed by atoms with Gasteiger partial charge in [0.05, 0.1) is 11.3 Å². The number of carbonyl (C=O) groups excluding carboxylic acids is 1. The van der Waals surface area contributed by atoms with E-state index in [1.807, 2.05) is 0 Å². The summed E-state index contributed by atoms with van der Waals surface area (Å²) in [7, 11) is 0. The molecule has 1 aromatic carbocycles. The summed E-state index contributed by atoms with van der Waals surface area (Å²) in [4.78, 5) is 24.3. The van der Waals surface area contributed by atoms with E-state index in [0.29, 0.717) is 23.1 Å². The van der Waals surface area contributed by atoms with Gasteiger partial charge in [-0.1, -0.05) is 15.9 Å². The van der Waals surface area contributed by atoms with Crippen LogP contribution in [0.25, 0.3) is 0 Å². The van der Waals surface area contributed by atoms with Crippen LogP contribution in [0.5, 0.6) is 0 Å². The molecule has 0 saturated carbocycles. The van der Waals surface area contributed by atoms with E-state index in [-0.39, 0.29) is 16.7 Å². The van der Waals surface area contributed by atoms with Crippen LogP contribution in [0.4, 0.5) is 5.69 Å². The van der Waals surface area contributed by atoms with E-state index in [2.05, 4.69) is 28.6 Å². The fourth-order valence-corrected chi connectivity index (χ4v) is 2.52. The van der Waals surface area contributed by atoms with Gasteiger partial charge in [0.15, 0.2) is 0 Å². The molecule has 0 bridgehead atoms. The van der Waals surface area contributed by atoms with E-state index in [1.54, 1.807) is 12.1 Å². The number of nitrogens with zero attached hydrogens (tertiary/aromatic N) is 1. The fraction of sp³-hybridized carbons (Fsp3) is 0.273. The average molecular weight is 316 g/mol. The third kappa shape index (κ3) is 2.47. The molecule has 1 saturated heterocycles. The molecule has 1 aliphatic rings. The SMILES string of the molecule is O=C(O)c1cc(Br)ccc1N1CC(S)CC1=O. The Morgan fingerprint density at radius 1 is 1.53 bits per heavy atom. The predicted molar refractivity (Wildman–Crippen MR) is 70.8 cm³/mol. The van der Waals surface area contributed by atoms with Crippen molar-refractivity contribution in [1.29, 1.82) is 0 Å². The van der Waals surface area contributed by atoms with Gasteiger partial charge in [0, 0.05) is 22.7 Å². The molecular weight excluding hydrogens is 306 g/mol. The maximum Gasteiger partial charge on any atom is 0.337 e. The summed E-state index contributed by atoms with van der Waals surface area (Å²) < 4.78 is 0.674. The molecule has 0 radical (unpaired) electrons. The molecule has 1 amide bonds. The zero-order chi connectivity index (χ0) is 12.6. The second-order valence-corrected chi connectivity index (χ2v) is 5.47. The van der Waals surface area contributed by atoms with Gasteiger partial charge < -0.3 is 10.0 Å². The molecular formula is C11H10BrNO3S. The summed E-state index contributed by atoms with van der Waals surface area (Å²) in [5.41, 5.74) is 0.553. The van der Waals surface area contributed by atoms with Crippen molar-refractivity contribution in [3.05, 3.63) is 28.2 Å². The standard InChI is InChI=1S/C11H10BrNO3S/c12-6-1-2-9(8(3-6)11(15)16)13-5-7(17)4-10(13)14/h1-3,7,17H,4-5H2,(H,15,16). The van der Waals surface area contributed by atoms with Crippen molar-refractivity contribution in [3.8, 4) is 0 Å². The lowest BCUT2D eigenvalue weighted by Crippen LogP contribution is -2.26. The largest absolute Gasteiger partial charge is 0.478 e. The lowest BCUT2D eigenvalue weighted by Gasteiger charge is -2.18. The van der Waals surface area contributed by atoms with Crippen molar-refractivity contribution in [3.63, 3.8) is 0 Å². The van der Waals surface area contributed by atoms with Gasteiger partial charge in [0.2, 0.25) is 5.91 Å². The average Bonchev–Trinajstić information content (AvgIpc) is 2.57. The van der Waals surface area contributed by atoms with Crippen molar-refractivity contribution in [2.45, 2.75) is 11.7 Å². The third-order valence-corrected chi connectivity index (χ3v) is 3.42. The van der Waals surface area contributed by atoms with Crippen LogP contribution in [0, 0.1) is 0 Å². The van der Waals surface area contributed by atoms with Crippen LogP contribution in [0.15, 0.2) is 22.7 Å². The summed E-state index contributed by atoms with van der Waals surface area (Å²) in [5, 5.41) is 9.09. The topological polar surface area (TPSA) is 57.6 Å². The summed E-state index contributed by atoms with van der Waals surface area (Å²) >= 11 is 7.47. The fourth-order valence-electron chi connectivity index (χ4n) is 1.84. The molecule has 1 fully saturated rings. The van der Waals surface area contributed by atoms with E-state index in [0.717, 1.165) is 0 Å². The van der Waals surface area contributed by atoms with E-state index in [1.165, 1.54) is 11.0 Å². The van der Waals surface area contributed by atoms with Crippen molar-refractivity contribution >= 4 is 46.1 Å². The van der Waals surface area contributed by atoms with Crippen molar-refractivity contribution in [1.82, 2.24) is 0 Å². The minimum Gasteiger partial charge on any atom is -0.478 e. The first kappa shape index (κ1) is 12.4.